The van der Waals surface area contributed by atoms with Crippen molar-refractivity contribution in [3.8, 4) is 11.5 Å². The zero-order valence-electron chi connectivity index (χ0n) is 13.6. The molecule has 0 spiro atoms. The summed E-state index contributed by atoms with van der Waals surface area (Å²) < 4.78 is 70.5. The number of hydrogen-bond acceptors (Lipinski definition) is 5. The number of rotatable bonds is 7. The highest BCUT2D eigenvalue weighted by Gasteiger charge is 2.34. The van der Waals surface area contributed by atoms with E-state index >= 15 is 0 Å². The molecule has 2 aromatic rings. The van der Waals surface area contributed by atoms with Gasteiger partial charge in [-0.3, -0.25) is 0 Å². The highest BCUT2D eigenvalue weighted by Crippen LogP contribution is 2.31. The molecule has 2 rings (SSSR count). The van der Waals surface area contributed by atoms with Gasteiger partial charge in [-0.05, 0) is 43.2 Å². The lowest BCUT2D eigenvalue weighted by Gasteiger charge is -2.13. The molecule has 0 amide bonds. The Balaban J connectivity index is 2.20. The number of ether oxygens (including phenoxy) is 1. The van der Waals surface area contributed by atoms with Gasteiger partial charge < -0.3 is 13.7 Å². The van der Waals surface area contributed by atoms with Gasteiger partial charge in [0.25, 0.3) is 0 Å². The van der Waals surface area contributed by atoms with Crippen LogP contribution in [0.4, 0.5) is 13.2 Å². The molecule has 0 aliphatic heterocycles. The first-order valence-corrected chi connectivity index (χ1v) is 8.85. The number of Topliss-reactive ketones (excluding diaryl/α,β-unsaturated/α-hetero) is 1. The normalized spacial score (nSPS) is 11.8. The molecule has 0 aliphatic carbocycles. The van der Waals surface area contributed by atoms with Gasteiger partial charge in [-0.1, -0.05) is 24.3 Å². The van der Waals surface area contributed by atoms with Crippen molar-refractivity contribution in [3.05, 3.63) is 54.1 Å². The minimum Gasteiger partial charge on any atom is -0.404 e. The Hall–Kier alpha value is -2.55. The average molecular weight is 388 g/mol. The van der Waals surface area contributed by atoms with E-state index in [0.717, 1.165) is 17.7 Å². The van der Waals surface area contributed by atoms with Crippen LogP contribution in [-0.4, -0.2) is 20.6 Å². The highest BCUT2D eigenvalue weighted by atomic mass is 32.2. The molecule has 26 heavy (non-hydrogen) atoms. The number of carbonyl (C=O) groups is 1. The van der Waals surface area contributed by atoms with E-state index in [4.69, 9.17) is 4.18 Å². The molecular weight excluding hydrogens is 373 g/mol. The quantitative estimate of drug-likeness (QED) is 0.674. The zero-order valence-corrected chi connectivity index (χ0v) is 14.4. The van der Waals surface area contributed by atoms with Gasteiger partial charge in [0, 0.05) is 6.42 Å². The number of hydrogen-bond donors (Lipinski definition) is 0. The van der Waals surface area contributed by atoms with Crippen molar-refractivity contribution in [2.24, 2.45) is 0 Å². The predicted octanol–water partition coefficient (Wildman–Crippen LogP) is 3.87. The summed E-state index contributed by atoms with van der Waals surface area (Å²) in [4.78, 5) is 10.2. The van der Waals surface area contributed by atoms with E-state index in [2.05, 4.69) is 4.74 Å². The number of carbonyl (C=O) groups excluding carboxylic acids is 1. The van der Waals surface area contributed by atoms with Gasteiger partial charge in [-0.2, -0.15) is 8.42 Å². The number of aryl methyl sites for hydroxylation is 1. The first-order valence-electron chi connectivity index (χ1n) is 7.44. The lowest BCUT2D eigenvalue weighted by atomic mass is 10.1. The molecule has 0 fully saturated rings. The van der Waals surface area contributed by atoms with Crippen LogP contribution in [0.2, 0.25) is 0 Å². The van der Waals surface area contributed by atoms with Gasteiger partial charge in [0.15, 0.2) is 5.75 Å². The van der Waals surface area contributed by atoms with Crippen LogP contribution in [0.1, 0.15) is 18.9 Å². The fourth-order valence-corrected chi connectivity index (χ4v) is 3.12. The van der Waals surface area contributed by atoms with Crippen molar-refractivity contribution >= 4 is 15.9 Å². The molecule has 5 nitrogen and oxygen atoms in total. The van der Waals surface area contributed by atoms with E-state index < -0.39 is 27.1 Å². The molecule has 0 atom stereocenters. The van der Waals surface area contributed by atoms with Crippen LogP contribution >= 0.6 is 0 Å². The molecule has 0 unspecified atom stereocenters. The maximum Gasteiger partial charge on any atom is 0.573 e. The summed E-state index contributed by atoms with van der Waals surface area (Å²) in [6.07, 6.45) is -4.20. The first-order chi connectivity index (χ1) is 12.1. The largest absolute Gasteiger partial charge is 0.573 e. The van der Waals surface area contributed by atoms with Crippen LogP contribution in [-0.2, 0) is 21.3 Å². The molecule has 2 aromatic carbocycles. The lowest BCUT2D eigenvalue weighted by molar-refractivity contribution is -0.275. The van der Waals surface area contributed by atoms with Crippen LogP contribution in [0.15, 0.2) is 53.4 Å². The van der Waals surface area contributed by atoms with Crippen LogP contribution in [0.5, 0.6) is 11.5 Å². The summed E-state index contributed by atoms with van der Waals surface area (Å²) in [5.41, 5.74) is 0.797. The molecule has 0 heterocycles. The molecular formula is C17H15F3O5S. The third kappa shape index (κ3) is 5.76. The summed E-state index contributed by atoms with van der Waals surface area (Å²) in [7, 11) is -4.53. The second kappa shape index (κ2) is 7.77. The minimum atomic E-state index is -5.04. The Morgan fingerprint density at radius 1 is 1.04 bits per heavy atom. The molecule has 0 bridgehead atoms. The Kier molecular flexibility index (Phi) is 5.91. The lowest BCUT2D eigenvalue weighted by Crippen LogP contribution is -2.20. The van der Waals surface area contributed by atoms with Gasteiger partial charge in [0.05, 0.1) is 0 Å². The van der Waals surface area contributed by atoms with Gasteiger partial charge in [0.2, 0.25) is 0 Å². The monoisotopic (exact) mass is 388 g/mol. The maximum absolute atomic E-state index is 12.4. The number of para-hydroxylation sites is 1. The Labute approximate surface area is 148 Å². The SMILES string of the molecule is CC(=O)CCc1ccc(OS(=O)(=O)c2ccccc2OC(F)(F)F)cc1. The second-order valence-electron chi connectivity index (χ2n) is 5.38. The second-order valence-corrected chi connectivity index (χ2v) is 6.89. The number of benzene rings is 2. The van der Waals surface area contributed by atoms with Crippen molar-refractivity contribution < 1.29 is 35.3 Å². The van der Waals surface area contributed by atoms with Crippen molar-refractivity contribution in [1.29, 1.82) is 0 Å². The molecule has 9 heteroatoms. The predicted molar refractivity (Wildman–Crippen MR) is 86.4 cm³/mol. The summed E-state index contributed by atoms with van der Waals surface area (Å²) >= 11 is 0. The molecule has 0 N–H and O–H groups in total. The summed E-state index contributed by atoms with van der Waals surface area (Å²) in [5.74, 6) is -0.925. The van der Waals surface area contributed by atoms with Crippen molar-refractivity contribution in [2.45, 2.75) is 31.0 Å². The van der Waals surface area contributed by atoms with Gasteiger partial charge >= 0.3 is 16.5 Å². The summed E-state index contributed by atoms with van der Waals surface area (Å²) in [6, 6.07) is 10.2. The third-order valence-corrected chi connectivity index (χ3v) is 4.53. The molecule has 0 aliphatic rings. The van der Waals surface area contributed by atoms with E-state index in [1.54, 1.807) is 12.1 Å². The Morgan fingerprint density at radius 2 is 1.65 bits per heavy atom. The first kappa shape index (κ1) is 19.8. The zero-order chi connectivity index (χ0) is 19.4. The molecule has 0 radical (unpaired) electrons. The van der Waals surface area contributed by atoms with Crippen molar-refractivity contribution in [1.82, 2.24) is 0 Å². The number of alkyl halides is 3. The molecule has 0 aromatic heterocycles. The fraction of sp³-hybridized carbons (Fsp3) is 0.235. The van der Waals surface area contributed by atoms with E-state index in [1.165, 1.54) is 31.2 Å². The van der Waals surface area contributed by atoms with E-state index in [-0.39, 0.29) is 11.5 Å². The average Bonchev–Trinajstić information content (AvgIpc) is 2.52. The van der Waals surface area contributed by atoms with E-state index in [0.29, 0.717) is 12.8 Å². The number of ketones is 1. The topological polar surface area (TPSA) is 69.7 Å². The fourth-order valence-electron chi connectivity index (χ4n) is 2.07. The van der Waals surface area contributed by atoms with Crippen LogP contribution in [0.25, 0.3) is 0 Å². The minimum absolute atomic E-state index is 0.0224. The Morgan fingerprint density at radius 3 is 2.23 bits per heavy atom. The Bertz CT molecular complexity index is 874. The van der Waals surface area contributed by atoms with Gasteiger partial charge in [0.1, 0.15) is 16.4 Å². The van der Waals surface area contributed by atoms with Gasteiger partial charge in [-0.15, -0.1) is 13.2 Å². The van der Waals surface area contributed by atoms with Gasteiger partial charge in [-0.25, -0.2) is 0 Å². The third-order valence-electron chi connectivity index (χ3n) is 3.24. The van der Waals surface area contributed by atoms with Crippen molar-refractivity contribution in [2.75, 3.05) is 0 Å². The molecule has 0 saturated carbocycles. The number of halogens is 3. The summed E-state index contributed by atoms with van der Waals surface area (Å²) in [5, 5.41) is 0. The van der Waals surface area contributed by atoms with E-state index in [1.807, 2.05) is 0 Å². The smallest absolute Gasteiger partial charge is 0.404 e. The molecule has 0 saturated heterocycles. The highest BCUT2D eigenvalue weighted by molar-refractivity contribution is 7.87. The van der Waals surface area contributed by atoms with Crippen molar-refractivity contribution in [3.63, 3.8) is 0 Å². The van der Waals surface area contributed by atoms with Crippen LogP contribution < -0.4 is 8.92 Å². The summed E-state index contributed by atoms with van der Waals surface area (Å²) in [6.45, 7) is 1.46. The van der Waals surface area contributed by atoms with E-state index in [9.17, 15) is 26.4 Å². The standard InChI is InChI=1S/C17H15F3O5S/c1-12(21)6-7-13-8-10-14(11-9-13)25-26(22,23)16-5-3-2-4-15(16)24-17(18,19)20/h2-5,8-11H,6-7H2,1H3. The molecule has 140 valence electrons. The van der Waals surface area contributed by atoms with Crippen LogP contribution in [0, 0.1) is 0 Å². The maximum atomic E-state index is 12.4. The van der Waals surface area contributed by atoms with Crippen LogP contribution in [0.3, 0.4) is 0 Å².